The smallest absolute Gasteiger partial charge is 0.244 e. The highest BCUT2D eigenvalue weighted by molar-refractivity contribution is 7.89. The Morgan fingerprint density at radius 3 is 2.60 bits per heavy atom. The summed E-state index contributed by atoms with van der Waals surface area (Å²) in [7, 11) is -2.46. The number of hydrogen-bond donors (Lipinski definition) is 0. The van der Waals surface area contributed by atoms with Gasteiger partial charge in [-0.3, -0.25) is 4.79 Å². The fourth-order valence-electron chi connectivity index (χ4n) is 2.33. The predicted molar refractivity (Wildman–Crippen MR) is 95.9 cm³/mol. The first kappa shape index (κ1) is 19.1. The van der Waals surface area contributed by atoms with Crippen LogP contribution in [0.1, 0.15) is 34.8 Å². The van der Waals surface area contributed by atoms with Crippen molar-refractivity contribution in [2.45, 2.75) is 24.8 Å². The lowest BCUT2D eigenvalue weighted by atomic mass is 10.1. The second kappa shape index (κ2) is 7.79. The standard InChI is InChI=1S/C18H17ClN2O3S/c1-3-17(22)15-7-8-16(19)18(10-15)25(23,24)21(2)12-14-6-4-5-13(9-14)11-20/h4-10H,3,12H2,1-2H3. The summed E-state index contributed by atoms with van der Waals surface area (Å²) in [6.07, 6.45) is 0.276. The molecule has 7 heteroatoms. The van der Waals surface area contributed by atoms with Gasteiger partial charge in [0.2, 0.25) is 10.0 Å². The van der Waals surface area contributed by atoms with Gasteiger partial charge < -0.3 is 0 Å². The first-order valence-corrected chi connectivity index (χ1v) is 9.39. The van der Waals surface area contributed by atoms with Crippen molar-refractivity contribution in [2.75, 3.05) is 7.05 Å². The predicted octanol–water partition coefficient (Wildman–Crippen LogP) is 3.63. The molecular formula is C18H17ClN2O3S. The second-order valence-corrected chi connectivity index (χ2v) is 7.92. The van der Waals surface area contributed by atoms with Crippen LogP contribution < -0.4 is 0 Å². The lowest BCUT2D eigenvalue weighted by Gasteiger charge is -2.18. The number of carbonyl (C=O) groups excluding carboxylic acids is 1. The van der Waals surface area contributed by atoms with E-state index >= 15 is 0 Å². The molecule has 0 spiro atoms. The molecule has 0 aromatic heterocycles. The molecule has 130 valence electrons. The molecule has 0 heterocycles. The van der Waals surface area contributed by atoms with Crippen LogP contribution in [0.4, 0.5) is 0 Å². The molecule has 25 heavy (non-hydrogen) atoms. The maximum atomic E-state index is 12.8. The van der Waals surface area contributed by atoms with Gasteiger partial charge in [-0.05, 0) is 35.9 Å². The second-order valence-electron chi connectivity index (χ2n) is 5.50. The highest BCUT2D eigenvalue weighted by atomic mass is 35.5. The Labute approximate surface area is 152 Å². The number of nitrogens with zero attached hydrogens (tertiary/aromatic N) is 2. The number of ketones is 1. The van der Waals surface area contributed by atoms with Gasteiger partial charge in [0.15, 0.2) is 5.78 Å². The molecule has 0 aliphatic carbocycles. The van der Waals surface area contributed by atoms with Crippen LogP contribution in [0.3, 0.4) is 0 Å². The zero-order chi connectivity index (χ0) is 18.6. The van der Waals surface area contributed by atoms with E-state index in [2.05, 4.69) is 0 Å². The van der Waals surface area contributed by atoms with Gasteiger partial charge in [-0.25, -0.2) is 8.42 Å². The molecule has 2 aromatic carbocycles. The quantitative estimate of drug-likeness (QED) is 0.721. The van der Waals surface area contributed by atoms with Gasteiger partial charge in [-0.15, -0.1) is 0 Å². The van der Waals surface area contributed by atoms with Gasteiger partial charge >= 0.3 is 0 Å². The molecule has 0 saturated heterocycles. The van der Waals surface area contributed by atoms with Crippen molar-refractivity contribution in [2.24, 2.45) is 0 Å². The van der Waals surface area contributed by atoms with E-state index in [-0.39, 0.29) is 28.7 Å². The average molecular weight is 377 g/mol. The minimum absolute atomic E-state index is 0.0604. The first-order valence-electron chi connectivity index (χ1n) is 7.57. The zero-order valence-corrected chi connectivity index (χ0v) is 15.4. The van der Waals surface area contributed by atoms with Gasteiger partial charge in [0.25, 0.3) is 0 Å². The van der Waals surface area contributed by atoms with Gasteiger partial charge in [-0.1, -0.05) is 30.7 Å². The Morgan fingerprint density at radius 2 is 1.96 bits per heavy atom. The lowest BCUT2D eigenvalue weighted by molar-refractivity contribution is 0.0988. The highest BCUT2D eigenvalue weighted by Gasteiger charge is 2.25. The molecule has 0 N–H and O–H groups in total. The number of benzene rings is 2. The summed E-state index contributed by atoms with van der Waals surface area (Å²) < 4.78 is 26.8. The van der Waals surface area contributed by atoms with Crippen molar-refractivity contribution < 1.29 is 13.2 Å². The summed E-state index contributed by atoms with van der Waals surface area (Å²) in [6, 6.07) is 13.0. The number of nitriles is 1. The van der Waals surface area contributed by atoms with E-state index in [1.807, 2.05) is 6.07 Å². The van der Waals surface area contributed by atoms with Gasteiger partial charge in [-0.2, -0.15) is 9.57 Å². The molecule has 0 aliphatic heterocycles. The number of Topliss-reactive ketones (excluding diaryl/α,β-unsaturated/α-hetero) is 1. The number of sulfonamides is 1. The highest BCUT2D eigenvalue weighted by Crippen LogP contribution is 2.26. The van der Waals surface area contributed by atoms with Crippen molar-refractivity contribution in [3.05, 3.63) is 64.2 Å². The molecule has 0 aliphatic rings. The van der Waals surface area contributed by atoms with Crippen LogP contribution in [0, 0.1) is 11.3 Å². The van der Waals surface area contributed by atoms with E-state index in [0.29, 0.717) is 16.7 Å². The van der Waals surface area contributed by atoms with Crippen LogP contribution in [-0.2, 0) is 16.6 Å². The molecular weight excluding hydrogens is 360 g/mol. The summed E-state index contributed by atoms with van der Waals surface area (Å²) in [5, 5.41) is 9.01. The molecule has 0 bridgehead atoms. The lowest BCUT2D eigenvalue weighted by Crippen LogP contribution is -2.27. The normalized spacial score (nSPS) is 11.3. The monoisotopic (exact) mass is 376 g/mol. The summed E-state index contributed by atoms with van der Waals surface area (Å²) in [5.41, 5.74) is 1.45. The van der Waals surface area contributed by atoms with Crippen LogP contribution in [0.2, 0.25) is 5.02 Å². The third kappa shape index (κ3) is 4.26. The molecule has 5 nitrogen and oxygen atoms in total. The van der Waals surface area contributed by atoms with Crippen molar-refractivity contribution >= 4 is 27.4 Å². The minimum atomic E-state index is -3.89. The fourth-order valence-corrected chi connectivity index (χ4v) is 3.98. The van der Waals surface area contributed by atoms with Crippen molar-refractivity contribution in [3.63, 3.8) is 0 Å². The van der Waals surface area contributed by atoms with Crippen molar-refractivity contribution in [3.8, 4) is 6.07 Å². The van der Waals surface area contributed by atoms with Crippen LogP contribution in [0.5, 0.6) is 0 Å². The Hall–Kier alpha value is -2.20. The molecule has 0 saturated carbocycles. The molecule has 0 fully saturated rings. The summed E-state index contributed by atoms with van der Waals surface area (Å²) in [6.45, 7) is 1.79. The van der Waals surface area contributed by atoms with E-state index < -0.39 is 10.0 Å². The van der Waals surface area contributed by atoms with Gasteiger partial charge in [0.1, 0.15) is 4.90 Å². The third-order valence-corrected chi connectivity index (χ3v) is 6.01. The van der Waals surface area contributed by atoms with E-state index in [0.717, 1.165) is 4.31 Å². The summed E-state index contributed by atoms with van der Waals surface area (Å²) in [5.74, 6) is -0.155. The Bertz CT molecular complexity index is 949. The van der Waals surface area contributed by atoms with Gasteiger partial charge in [0.05, 0.1) is 16.7 Å². The number of hydrogen-bond acceptors (Lipinski definition) is 4. The molecule has 2 rings (SSSR count). The SMILES string of the molecule is CCC(=O)c1ccc(Cl)c(S(=O)(=O)N(C)Cc2cccc(C#N)c2)c1. The average Bonchev–Trinajstić information content (AvgIpc) is 2.61. The Morgan fingerprint density at radius 1 is 1.24 bits per heavy atom. The summed E-state index contributed by atoms with van der Waals surface area (Å²) >= 11 is 6.06. The molecule has 0 amide bonds. The van der Waals surface area contributed by atoms with Gasteiger partial charge in [0, 0.05) is 25.6 Å². The third-order valence-electron chi connectivity index (χ3n) is 3.72. The van der Waals surface area contributed by atoms with Crippen LogP contribution >= 0.6 is 11.6 Å². The molecule has 2 aromatic rings. The maximum absolute atomic E-state index is 12.8. The van der Waals surface area contributed by atoms with Crippen LogP contribution in [0.15, 0.2) is 47.4 Å². The number of carbonyl (C=O) groups is 1. The Balaban J connectivity index is 2.37. The van der Waals surface area contributed by atoms with Crippen molar-refractivity contribution in [1.29, 1.82) is 5.26 Å². The fraction of sp³-hybridized carbons (Fsp3) is 0.222. The zero-order valence-electron chi connectivity index (χ0n) is 13.9. The topological polar surface area (TPSA) is 78.2 Å². The molecule has 0 atom stereocenters. The minimum Gasteiger partial charge on any atom is -0.294 e. The number of rotatable bonds is 6. The van der Waals surface area contributed by atoms with E-state index in [4.69, 9.17) is 16.9 Å². The number of halogens is 1. The van der Waals surface area contributed by atoms with E-state index in [1.165, 1.54) is 25.2 Å². The molecule has 0 unspecified atom stereocenters. The molecule has 0 radical (unpaired) electrons. The van der Waals surface area contributed by atoms with E-state index in [1.54, 1.807) is 31.2 Å². The van der Waals surface area contributed by atoms with E-state index in [9.17, 15) is 13.2 Å². The van der Waals surface area contributed by atoms with Crippen LogP contribution in [0.25, 0.3) is 0 Å². The van der Waals surface area contributed by atoms with Crippen LogP contribution in [-0.4, -0.2) is 25.6 Å². The first-order chi connectivity index (χ1) is 11.8. The Kier molecular flexibility index (Phi) is 5.96. The maximum Gasteiger partial charge on any atom is 0.244 e. The van der Waals surface area contributed by atoms with Crippen molar-refractivity contribution in [1.82, 2.24) is 4.31 Å². The summed E-state index contributed by atoms with van der Waals surface area (Å²) in [4.78, 5) is 11.7. The largest absolute Gasteiger partial charge is 0.294 e.